The lowest BCUT2D eigenvalue weighted by Crippen LogP contribution is -2.28. The van der Waals surface area contributed by atoms with Gasteiger partial charge in [-0.05, 0) is 31.7 Å². The van der Waals surface area contributed by atoms with Crippen LogP contribution >= 0.6 is 0 Å². The van der Waals surface area contributed by atoms with Crippen molar-refractivity contribution in [1.82, 2.24) is 5.32 Å². The van der Waals surface area contributed by atoms with E-state index in [-0.39, 0.29) is 0 Å². The molecule has 0 radical (unpaired) electrons. The van der Waals surface area contributed by atoms with Crippen LogP contribution in [-0.4, -0.2) is 32.5 Å². The molecular weight excluding hydrogens is 234 g/mol. The maximum atomic E-state index is 11.8. The summed E-state index contributed by atoms with van der Waals surface area (Å²) in [5, 5.41) is 3.46. The Labute approximate surface area is 106 Å². The van der Waals surface area contributed by atoms with Gasteiger partial charge in [-0.2, -0.15) is 0 Å². The fraction of sp³-hybridized carbons (Fsp3) is 1.00. The Morgan fingerprint density at radius 3 is 2.53 bits per heavy atom. The molecule has 0 bridgehead atoms. The highest BCUT2D eigenvalue weighted by Gasteiger charge is 2.16. The SMILES string of the molecule is CCC(C)CS(=O)(=O)CCCNC1CCCC1. The molecule has 0 heterocycles. The fourth-order valence-electron chi connectivity index (χ4n) is 2.36. The highest BCUT2D eigenvalue weighted by Crippen LogP contribution is 2.17. The quantitative estimate of drug-likeness (QED) is 0.682. The molecule has 1 unspecified atom stereocenters. The first-order valence-corrected chi connectivity index (χ1v) is 8.79. The number of nitrogens with one attached hydrogen (secondary N) is 1. The Balaban J connectivity index is 2.12. The van der Waals surface area contributed by atoms with E-state index in [0.29, 0.717) is 23.5 Å². The predicted octanol–water partition coefficient (Wildman–Crippen LogP) is 2.37. The fourth-order valence-corrected chi connectivity index (χ4v) is 4.22. The number of rotatable bonds is 8. The minimum absolute atomic E-state index is 0.294. The van der Waals surface area contributed by atoms with E-state index >= 15 is 0 Å². The van der Waals surface area contributed by atoms with Crippen molar-refractivity contribution in [1.29, 1.82) is 0 Å². The maximum Gasteiger partial charge on any atom is 0.150 e. The Bertz CT molecular complexity index is 295. The Morgan fingerprint density at radius 1 is 1.29 bits per heavy atom. The van der Waals surface area contributed by atoms with E-state index in [4.69, 9.17) is 0 Å². The van der Waals surface area contributed by atoms with Gasteiger partial charge in [0.15, 0.2) is 9.84 Å². The molecule has 0 aromatic carbocycles. The first-order valence-electron chi connectivity index (χ1n) is 6.97. The van der Waals surface area contributed by atoms with Crippen molar-refractivity contribution in [3.8, 4) is 0 Å². The van der Waals surface area contributed by atoms with Crippen LogP contribution in [0.15, 0.2) is 0 Å². The maximum absolute atomic E-state index is 11.8. The summed E-state index contributed by atoms with van der Waals surface area (Å²) in [7, 11) is -2.83. The minimum Gasteiger partial charge on any atom is -0.314 e. The molecule has 1 N–H and O–H groups in total. The largest absolute Gasteiger partial charge is 0.314 e. The molecule has 0 aromatic rings. The second kappa shape index (κ2) is 7.37. The van der Waals surface area contributed by atoms with Gasteiger partial charge in [0.05, 0.1) is 11.5 Å². The number of hydrogen-bond acceptors (Lipinski definition) is 3. The summed E-state index contributed by atoms with van der Waals surface area (Å²) in [4.78, 5) is 0. The lowest BCUT2D eigenvalue weighted by Gasteiger charge is -2.12. The molecule has 0 aromatic heterocycles. The van der Waals surface area contributed by atoms with E-state index < -0.39 is 9.84 Å². The van der Waals surface area contributed by atoms with Gasteiger partial charge in [-0.3, -0.25) is 0 Å². The van der Waals surface area contributed by atoms with E-state index in [1.54, 1.807) is 0 Å². The first kappa shape index (κ1) is 15.0. The highest BCUT2D eigenvalue weighted by atomic mass is 32.2. The van der Waals surface area contributed by atoms with Crippen LogP contribution in [0.3, 0.4) is 0 Å². The van der Waals surface area contributed by atoms with Crippen LogP contribution in [0, 0.1) is 5.92 Å². The van der Waals surface area contributed by atoms with Crippen molar-refractivity contribution < 1.29 is 8.42 Å². The standard InChI is InChI=1S/C13H27NO2S/c1-3-12(2)11-17(15,16)10-6-9-14-13-7-4-5-8-13/h12-14H,3-11H2,1-2H3. The Hall–Kier alpha value is -0.0900. The molecule has 0 spiro atoms. The molecule has 17 heavy (non-hydrogen) atoms. The predicted molar refractivity (Wildman–Crippen MR) is 73.0 cm³/mol. The van der Waals surface area contributed by atoms with Crippen LogP contribution in [0.4, 0.5) is 0 Å². The lowest BCUT2D eigenvalue weighted by molar-refractivity contribution is 0.518. The zero-order valence-electron chi connectivity index (χ0n) is 11.2. The van der Waals surface area contributed by atoms with Gasteiger partial charge in [0, 0.05) is 6.04 Å². The van der Waals surface area contributed by atoms with Gasteiger partial charge >= 0.3 is 0 Å². The zero-order chi connectivity index (χ0) is 12.7. The monoisotopic (exact) mass is 261 g/mol. The van der Waals surface area contributed by atoms with Crippen LogP contribution in [0.5, 0.6) is 0 Å². The molecule has 4 heteroatoms. The summed E-state index contributed by atoms with van der Waals surface area (Å²) in [6.45, 7) is 4.90. The summed E-state index contributed by atoms with van der Waals surface area (Å²) in [6, 6.07) is 0.646. The third kappa shape index (κ3) is 6.41. The van der Waals surface area contributed by atoms with E-state index in [1.165, 1.54) is 25.7 Å². The average Bonchev–Trinajstić information content (AvgIpc) is 2.76. The normalized spacial score (nSPS) is 19.6. The minimum atomic E-state index is -2.83. The van der Waals surface area contributed by atoms with Gasteiger partial charge < -0.3 is 5.32 Å². The van der Waals surface area contributed by atoms with Crippen molar-refractivity contribution in [2.75, 3.05) is 18.1 Å². The molecule has 1 aliphatic rings. The molecule has 0 amide bonds. The molecule has 1 rings (SSSR count). The third-order valence-corrected chi connectivity index (χ3v) is 5.64. The summed E-state index contributed by atoms with van der Waals surface area (Å²) < 4.78 is 23.5. The third-order valence-electron chi connectivity index (χ3n) is 3.66. The second-order valence-corrected chi connectivity index (χ2v) is 7.65. The van der Waals surface area contributed by atoms with Crippen LogP contribution < -0.4 is 5.32 Å². The van der Waals surface area contributed by atoms with Crippen molar-refractivity contribution >= 4 is 9.84 Å². The molecule has 1 atom stereocenters. The number of hydrogen-bond donors (Lipinski definition) is 1. The molecular formula is C13H27NO2S. The van der Waals surface area contributed by atoms with E-state index in [2.05, 4.69) is 5.32 Å². The molecule has 1 aliphatic carbocycles. The molecule has 102 valence electrons. The van der Waals surface area contributed by atoms with Gasteiger partial charge in [0.25, 0.3) is 0 Å². The summed E-state index contributed by atoms with van der Waals surface area (Å²) in [5.41, 5.74) is 0. The van der Waals surface area contributed by atoms with Crippen molar-refractivity contribution in [3.05, 3.63) is 0 Å². The zero-order valence-corrected chi connectivity index (χ0v) is 12.1. The van der Waals surface area contributed by atoms with Crippen LogP contribution in [0.25, 0.3) is 0 Å². The Kier molecular flexibility index (Phi) is 6.49. The first-order chi connectivity index (χ1) is 8.03. The van der Waals surface area contributed by atoms with Crippen LogP contribution in [0.2, 0.25) is 0 Å². The topological polar surface area (TPSA) is 46.2 Å². The molecule has 3 nitrogen and oxygen atoms in total. The van der Waals surface area contributed by atoms with E-state index in [1.807, 2.05) is 13.8 Å². The number of sulfone groups is 1. The van der Waals surface area contributed by atoms with Gasteiger partial charge in [0.2, 0.25) is 0 Å². The summed E-state index contributed by atoms with van der Waals surface area (Å²) in [6.07, 6.45) is 6.88. The lowest BCUT2D eigenvalue weighted by atomic mass is 10.2. The van der Waals surface area contributed by atoms with Crippen molar-refractivity contribution in [2.45, 2.75) is 58.4 Å². The average molecular weight is 261 g/mol. The van der Waals surface area contributed by atoms with Gasteiger partial charge in [-0.25, -0.2) is 8.42 Å². The molecule has 1 saturated carbocycles. The van der Waals surface area contributed by atoms with Crippen LogP contribution in [-0.2, 0) is 9.84 Å². The summed E-state index contributed by atoms with van der Waals surface area (Å²) in [5.74, 6) is 0.993. The van der Waals surface area contributed by atoms with Gasteiger partial charge in [-0.15, -0.1) is 0 Å². The van der Waals surface area contributed by atoms with E-state index in [0.717, 1.165) is 19.4 Å². The van der Waals surface area contributed by atoms with Gasteiger partial charge in [-0.1, -0.05) is 33.1 Å². The highest BCUT2D eigenvalue weighted by molar-refractivity contribution is 7.91. The molecule has 0 aliphatic heterocycles. The van der Waals surface area contributed by atoms with Gasteiger partial charge in [0.1, 0.15) is 0 Å². The molecule has 0 saturated heterocycles. The second-order valence-electron chi connectivity index (χ2n) is 5.42. The Morgan fingerprint density at radius 2 is 1.94 bits per heavy atom. The van der Waals surface area contributed by atoms with Crippen molar-refractivity contribution in [2.24, 2.45) is 5.92 Å². The molecule has 1 fully saturated rings. The van der Waals surface area contributed by atoms with Crippen LogP contribution in [0.1, 0.15) is 52.4 Å². The van der Waals surface area contributed by atoms with E-state index in [9.17, 15) is 8.42 Å². The smallest absolute Gasteiger partial charge is 0.150 e. The van der Waals surface area contributed by atoms with Crippen molar-refractivity contribution in [3.63, 3.8) is 0 Å². The summed E-state index contributed by atoms with van der Waals surface area (Å²) >= 11 is 0.